The predicted octanol–water partition coefficient (Wildman–Crippen LogP) is 3.09. The Bertz CT molecular complexity index is 955. The fourth-order valence-corrected chi connectivity index (χ4v) is 2.38. The second-order valence-electron chi connectivity index (χ2n) is 5.87. The van der Waals surface area contributed by atoms with Gasteiger partial charge in [0.05, 0.1) is 11.8 Å². The van der Waals surface area contributed by atoms with Crippen molar-refractivity contribution in [2.24, 2.45) is 5.10 Å². The first kappa shape index (κ1) is 19.0. The number of amides is 1. The summed E-state index contributed by atoms with van der Waals surface area (Å²) in [4.78, 5) is 23.9. The number of nitrogens with zero attached hydrogens (tertiary/aromatic N) is 1. The lowest BCUT2D eigenvalue weighted by Crippen LogP contribution is -2.25. The number of hydrogen-bond donors (Lipinski definition) is 2. The molecule has 3 aromatic rings. The van der Waals surface area contributed by atoms with Crippen molar-refractivity contribution < 1.29 is 19.4 Å². The molecule has 28 heavy (non-hydrogen) atoms. The molecule has 6 heteroatoms. The number of benzene rings is 3. The molecule has 0 aliphatic carbocycles. The van der Waals surface area contributed by atoms with Gasteiger partial charge < -0.3 is 9.84 Å². The molecular formula is C22H18N2O4. The van der Waals surface area contributed by atoms with Crippen LogP contribution < -0.4 is 10.2 Å². The zero-order chi connectivity index (χ0) is 19.8. The summed E-state index contributed by atoms with van der Waals surface area (Å²) in [5.74, 6) is -0.672. The third-order valence-corrected chi connectivity index (χ3v) is 3.85. The minimum Gasteiger partial charge on any atom is -0.423 e. The van der Waals surface area contributed by atoms with Crippen LogP contribution in [0.1, 0.15) is 27.6 Å². The Kier molecular flexibility index (Phi) is 6.28. The summed E-state index contributed by atoms with van der Waals surface area (Å²) >= 11 is 0. The molecule has 3 aromatic carbocycles. The molecule has 0 radical (unpaired) electrons. The summed E-state index contributed by atoms with van der Waals surface area (Å²) in [5, 5.41) is 13.8. The van der Waals surface area contributed by atoms with E-state index in [2.05, 4.69) is 10.5 Å². The van der Waals surface area contributed by atoms with Gasteiger partial charge in [-0.2, -0.15) is 5.10 Å². The van der Waals surface area contributed by atoms with Crippen LogP contribution in [-0.2, 0) is 4.79 Å². The SMILES string of the molecule is O=C(Oc1ccc(C=NNC(=O)C(O)c2ccccc2)cc1)c1ccccc1. The second-order valence-corrected chi connectivity index (χ2v) is 5.87. The first-order chi connectivity index (χ1) is 13.6. The van der Waals surface area contributed by atoms with Gasteiger partial charge in [0, 0.05) is 0 Å². The van der Waals surface area contributed by atoms with Crippen LogP contribution in [0.5, 0.6) is 5.75 Å². The van der Waals surface area contributed by atoms with Gasteiger partial charge >= 0.3 is 5.97 Å². The molecule has 0 saturated carbocycles. The number of nitrogens with one attached hydrogen (secondary N) is 1. The molecule has 0 heterocycles. The molecule has 3 rings (SSSR count). The molecule has 0 fully saturated rings. The van der Waals surface area contributed by atoms with Crippen LogP contribution in [0.25, 0.3) is 0 Å². The fraction of sp³-hybridized carbons (Fsp3) is 0.0455. The number of aliphatic hydroxyl groups excluding tert-OH is 1. The van der Waals surface area contributed by atoms with Crippen LogP contribution in [0.2, 0.25) is 0 Å². The summed E-state index contributed by atoms with van der Waals surface area (Å²) in [6.45, 7) is 0. The van der Waals surface area contributed by atoms with Crippen molar-refractivity contribution in [2.45, 2.75) is 6.10 Å². The van der Waals surface area contributed by atoms with E-state index in [1.54, 1.807) is 78.9 Å². The average Bonchev–Trinajstić information content (AvgIpc) is 2.75. The first-order valence-corrected chi connectivity index (χ1v) is 8.57. The molecule has 1 unspecified atom stereocenters. The van der Waals surface area contributed by atoms with Crippen molar-refractivity contribution in [2.75, 3.05) is 0 Å². The molecule has 2 N–H and O–H groups in total. The first-order valence-electron chi connectivity index (χ1n) is 8.57. The van der Waals surface area contributed by atoms with Crippen molar-refractivity contribution >= 4 is 18.1 Å². The van der Waals surface area contributed by atoms with Crippen molar-refractivity contribution in [3.63, 3.8) is 0 Å². The van der Waals surface area contributed by atoms with Gasteiger partial charge in [-0.1, -0.05) is 48.5 Å². The number of esters is 1. The molecule has 1 atom stereocenters. The predicted molar refractivity (Wildman–Crippen MR) is 105 cm³/mol. The summed E-state index contributed by atoms with van der Waals surface area (Å²) in [6, 6.07) is 23.9. The van der Waals surface area contributed by atoms with E-state index in [1.807, 2.05) is 6.07 Å². The van der Waals surface area contributed by atoms with Gasteiger partial charge in [-0.25, -0.2) is 10.2 Å². The summed E-state index contributed by atoms with van der Waals surface area (Å²) in [7, 11) is 0. The average molecular weight is 374 g/mol. The number of hydrazone groups is 1. The van der Waals surface area contributed by atoms with E-state index in [4.69, 9.17) is 4.74 Å². The van der Waals surface area contributed by atoms with E-state index in [0.717, 1.165) is 0 Å². The summed E-state index contributed by atoms with van der Waals surface area (Å²) < 4.78 is 5.29. The Morgan fingerprint density at radius 3 is 2.14 bits per heavy atom. The number of aliphatic hydroxyl groups is 1. The van der Waals surface area contributed by atoms with Crippen LogP contribution in [0.4, 0.5) is 0 Å². The maximum atomic E-state index is 12.0. The molecular weight excluding hydrogens is 356 g/mol. The molecule has 140 valence electrons. The van der Waals surface area contributed by atoms with Crippen LogP contribution >= 0.6 is 0 Å². The third kappa shape index (κ3) is 5.12. The lowest BCUT2D eigenvalue weighted by molar-refractivity contribution is -0.129. The molecule has 0 aliphatic rings. The molecule has 0 saturated heterocycles. The van der Waals surface area contributed by atoms with Crippen LogP contribution in [0, 0.1) is 0 Å². The number of carbonyl (C=O) groups is 2. The van der Waals surface area contributed by atoms with Crippen LogP contribution in [0.15, 0.2) is 90.0 Å². The van der Waals surface area contributed by atoms with Gasteiger partial charge in [0.15, 0.2) is 6.10 Å². The summed E-state index contributed by atoms with van der Waals surface area (Å²) in [5.41, 5.74) is 3.93. The molecule has 0 spiro atoms. The van der Waals surface area contributed by atoms with Crippen LogP contribution in [0.3, 0.4) is 0 Å². The number of rotatable bonds is 6. The van der Waals surface area contributed by atoms with Gasteiger partial charge in [-0.05, 0) is 47.5 Å². The maximum absolute atomic E-state index is 12.0. The molecule has 0 aromatic heterocycles. The highest BCUT2D eigenvalue weighted by Gasteiger charge is 2.15. The Hall–Kier alpha value is -3.77. The highest BCUT2D eigenvalue weighted by molar-refractivity contribution is 5.91. The smallest absolute Gasteiger partial charge is 0.343 e. The van der Waals surface area contributed by atoms with Crippen LogP contribution in [-0.4, -0.2) is 23.2 Å². The molecule has 0 aliphatic heterocycles. The van der Waals surface area contributed by atoms with Crippen molar-refractivity contribution in [1.82, 2.24) is 5.43 Å². The normalized spacial score (nSPS) is 11.8. The summed E-state index contributed by atoms with van der Waals surface area (Å²) in [6.07, 6.45) is 0.136. The maximum Gasteiger partial charge on any atom is 0.343 e. The Balaban J connectivity index is 1.54. The lowest BCUT2D eigenvalue weighted by Gasteiger charge is -2.08. The van der Waals surface area contributed by atoms with Crippen molar-refractivity contribution in [3.05, 3.63) is 102 Å². The number of ether oxygens (including phenoxy) is 1. The van der Waals surface area contributed by atoms with Gasteiger partial charge in [0.25, 0.3) is 5.91 Å². The van der Waals surface area contributed by atoms with E-state index >= 15 is 0 Å². The van der Waals surface area contributed by atoms with Gasteiger partial charge in [0.1, 0.15) is 5.75 Å². The Morgan fingerprint density at radius 1 is 0.893 bits per heavy atom. The zero-order valence-corrected chi connectivity index (χ0v) is 14.9. The van der Waals surface area contributed by atoms with Gasteiger partial charge in [-0.3, -0.25) is 4.79 Å². The molecule has 0 bridgehead atoms. The van der Waals surface area contributed by atoms with E-state index in [9.17, 15) is 14.7 Å². The quantitative estimate of drug-likeness (QED) is 0.300. The Labute approximate surface area is 162 Å². The van der Waals surface area contributed by atoms with Crippen molar-refractivity contribution in [1.29, 1.82) is 0 Å². The zero-order valence-electron chi connectivity index (χ0n) is 14.9. The second kappa shape index (κ2) is 9.25. The van der Waals surface area contributed by atoms with E-state index < -0.39 is 18.0 Å². The van der Waals surface area contributed by atoms with E-state index in [1.165, 1.54) is 6.21 Å². The van der Waals surface area contributed by atoms with Crippen molar-refractivity contribution in [3.8, 4) is 5.75 Å². The molecule has 6 nitrogen and oxygen atoms in total. The lowest BCUT2D eigenvalue weighted by atomic mass is 10.1. The highest BCUT2D eigenvalue weighted by Crippen LogP contribution is 2.14. The monoisotopic (exact) mass is 374 g/mol. The number of carbonyl (C=O) groups excluding carboxylic acids is 2. The topological polar surface area (TPSA) is 88.0 Å². The Morgan fingerprint density at radius 2 is 1.50 bits per heavy atom. The fourth-order valence-electron chi connectivity index (χ4n) is 2.38. The van der Waals surface area contributed by atoms with Gasteiger partial charge in [-0.15, -0.1) is 0 Å². The minimum atomic E-state index is -1.29. The third-order valence-electron chi connectivity index (χ3n) is 3.85. The molecule has 1 amide bonds. The van der Waals surface area contributed by atoms with E-state index in [0.29, 0.717) is 22.4 Å². The highest BCUT2D eigenvalue weighted by atomic mass is 16.5. The van der Waals surface area contributed by atoms with Gasteiger partial charge in [0.2, 0.25) is 0 Å². The largest absolute Gasteiger partial charge is 0.423 e. The number of hydrogen-bond acceptors (Lipinski definition) is 5. The standard InChI is InChI=1S/C22H18N2O4/c25-20(17-7-3-1-4-8-17)21(26)24-23-15-16-11-13-19(14-12-16)28-22(27)18-9-5-2-6-10-18/h1-15,20,25H,(H,24,26). The van der Waals surface area contributed by atoms with E-state index in [-0.39, 0.29) is 0 Å². The minimum absolute atomic E-state index is 0.398.